The van der Waals surface area contributed by atoms with Crippen molar-refractivity contribution in [3.8, 4) is 11.8 Å². The van der Waals surface area contributed by atoms with Gasteiger partial charge in [0.15, 0.2) is 0 Å². The van der Waals surface area contributed by atoms with Crippen molar-refractivity contribution in [2.75, 3.05) is 26.2 Å². The van der Waals surface area contributed by atoms with Gasteiger partial charge in [-0.2, -0.15) is 0 Å². The zero-order valence-corrected chi connectivity index (χ0v) is 9.76. The number of hydrogen-bond acceptors (Lipinski definition) is 2. The van der Waals surface area contributed by atoms with Crippen molar-refractivity contribution < 1.29 is 4.74 Å². The lowest BCUT2D eigenvalue weighted by Crippen LogP contribution is -2.49. The van der Waals surface area contributed by atoms with Crippen LogP contribution in [0.5, 0.6) is 0 Å². The number of hydrogen-bond donors (Lipinski definition) is 0. The molecule has 0 aromatic rings. The number of nitrogens with zero attached hydrogens (tertiary/aromatic N) is 1. The zero-order valence-electron chi connectivity index (χ0n) is 9.76. The first-order chi connectivity index (χ1) is 6.56. The first kappa shape index (κ1) is 11.6. The molecule has 80 valence electrons. The van der Waals surface area contributed by atoms with Crippen LogP contribution < -0.4 is 0 Å². The predicted molar refractivity (Wildman–Crippen MR) is 59.1 cm³/mol. The van der Waals surface area contributed by atoms with Gasteiger partial charge in [0.25, 0.3) is 0 Å². The Morgan fingerprint density at radius 3 is 2.79 bits per heavy atom. The summed E-state index contributed by atoms with van der Waals surface area (Å²) in [6.07, 6.45) is 0. The quantitative estimate of drug-likeness (QED) is 0.591. The summed E-state index contributed by atoms with van der Waals surface area (Å²) in [4.78, 5) is 2.39. The maximum Gasteiger partial charge on any atom is 0.138 e. The number of ether oxygens (including phenoxy) is 1. The van der Waals surface area contributed by atoms with E-state index in [1.807, 2.05) is 0 Å². The van der Waals surface area contributed by atoms with Crippen molar-refractivity contribution in [2.45, 2.75) is 33.3 Å². The Balaban J connectivity index is 2.61. The van der Waals surface area contributed by atoms with Crippen LogP contribution in [0.1, 0.15) is 27.7 Å². The molecule has 0 aromatic carbocycles. The minimum absolute atomic E-state index is 0.251. The standard InChI is InChI=1S/C12H21NO/c1-5-13-8-9-14-12(4,10-13)7-6-11(2)3/h11H,5,8-10H2,1-4H3/t12-/m1/s1. The van der Waals surface area contributed by atoms with Gasteiger partial charge in [-0.3, -0.25) is 4.90 Å². The van der Waals surface area contributed by atoms with Gasteiger partial charge in [0.2, 0.25) is 0 Å². The lowest BCUT2D eigenvalue weighted by atomic mass is 10.0. The van der Waals surface area contributed by atoms with Gasteiger partial charge < -0.3 is 4.74 Å². The van der Waals surface area contributed by atoms with E-state index < -0.39 is 0 Å². The molecule has 0 saturated carbocycles. The molecular formula is C12H21NO. The summed E-state index contributed by atoms with van der Waals surface area (Å²) in [5.74, 6) is 6.87. The highest BCUT2D eigenvalue weighted by Gasteiger charge is 2.29. The van der Waals surface area contributed by atoms with Crippen LogP contribution in [-0.2, 0) is 4.74 Å². The molecule has 1 atom stereocenters. The number of morpholine rings is 1. The molecule has 0 aromatic heterocycles. The Bertz CT molecular complexity index is 238. The summed E-state index contributed by atoms with van der Waals surface area (Å²) in [6.45, 7) is 12.3. The summed E-state index contributed by atoms with van der Waals surface area (Å²) in [7, 11) is 0. The Kier molecular flexibility index (Phi) is 3.97. The molecule has 1 heterocycles. The molecule has 0 unspecified atom stereocenters. The lowest BCUT2D eigenvalue weighted by molar-refractivity contribution is -0.0600. The number of rotatable bonds is 1. The van der Waals surface area contributed by atoms with E-state index >= 15 is 0 Å². The fourth-order valence-electron chi connectivity index (χ4n) is 1.59. The Morgan fingerprint density at radius 2 is 2.21 bits per heavy atom. The Labute approximate surface area is 87.6 Å². The minimum Gasteiger partial charge on any atom is -0.360 e. The first-order valence-corrected chi connectivity index (χ1v) is 5.45. The van der Waals surface area contributed by atoms with Crippen LogP contribution in [0.4, 0.5) is 0 Å². The van der Waals surface area contributed by atoms with Crippen LogP contribution in [0.15, 0.2) is 0 Å². The van der Waals surface area contributed by atoms with Crippen LogP contribution in [0.2, 0.25) is 0 Å². The van der Waals surface area contributed by atoms with E-state index in [-0.39, 0.29) is 5.60 Å². The van der Waals surface area contributed by atoms with E-state index in [1.165, 1.54) is 0 Å². The second-order valence-electron chi connectivity index (χ2n) is 4.37. The normalized spacial score (nSPS) is 28.6. The van der Waals surface area contributed by atoms with Crippen molar-refractivity contribution in [3.05, 3.63) is 0 Å². The molecule has 1 aliphatic rings. The SMILES string of the molecule is CCN1CCO[C@](C)(C#CC(C)C)C1. The van der Waals surface area contributed by atoms with Gasteiger partial charge in [-0.1, -0.05) is 32.6 Å². The maximum absolute atomic E-state index is 5.73. The van der Waals surface area contributed by atoms with Gasteiger partial charge in [-0.25, -0.2) is 0 Å². The average Bonchev–Trinajstić information content (AvgIpc) is 2.15. The topological polar surface area (TPSA) is 12.5 Å². The molecule has 2 nitrogen and oxygen atoms in total. The third-order valence-electron chi connectivity index (χ3n) is 2.43. The summed E-state index contributed by atoms with van der Waals surface area (Å²) in [6, 6.07) is 0. The molecule has 0 amide bonds. The van der Waals surface area contributed by atoms with Crippen LogP contribution >= 0.6 is 0 Å². The van der Waals surface area contributed by atoms with E-state index in [2.05, 4.69) is 44.4 Å². The third kappa shape index (κ3) is 3.32. The van der Waals surface area contributed by atoms with Crippen LogP contribution in [0.25, 0.3) is 0 Å². The van der Waals surface area contributed by atoms with E-state index in [1.54, 1.807) is 0 Å². The summed E-state index contributed by atoms with van der Waals surface area (Å²) in [5.41, 5.74) is -0.251. The van der Waals surface area contributed by atoms with E-state index in [0.717, 1.165) is 26.2 Å². The highest BCUT2D eigenvalue weighted by atomic mass is 16.5. The smallest absolute Gasteiger partial charge is 0.138 e. The highest BCUT2D eigenvalue weighted by Crippen LogP contribution is 2.16. The fraction of sp³-hybridized carbons (Fsp3) is 0.833. The van der Waals surface area contributed by atoms with E-state index in [9.17, 15) is 0 Å². The molecule has 1 aliphatic heterocycles. The highest BCUT2D eigenvalue weighted by molar-refractivity contribution is 5.16. The molecule has 1 rings (SSSR count). The molecular weight excluding hydrogens is 174 g/mol. The second kappa shape index (κ2) is 4.82. The maximum atomic E-state index is 5.73. The van der Waals surface area contributed by atoms with Crippen LogP contribution in [-0.4, -0.2) is 36.7 Å². The summed E-state index contributed by atoms with van der Waals surface area (Å²) < 4.78 is 5.73. The average molecular weight is 195 g/mol. The van der Waals surface area contributed by atoms with Crippen molar-refractivity contribution in [2.24, 2.45) is 5.92 Å². The van der Waals surface area contributed by atoms with Gasteiger partial charge in [0.05, 0.1) is 6.61 Å². The summed E-state index contributed by atoms with van der Waals surface area (Å²) >= 11 is 0. The van der Waals surface area contributed by atoms with Gasteiger partial charge in [-0.15, -0.1) is 0 Å². The minimum atomic E-state index is -0.251. The molecule has 0 spiro atoms. The molecule has 2 heteroatoms. The zero-order chi connectivity index (χ0) is 10.6. The molecule has 0 bridgehead atoms. The molecule has 1 saturated heterocycles. The predicted octanol–water partition coefficient (Wildman–Crippen LogP) is 1.76. The van der Waals surface area contributed by atoms with Crippen molar-refractivity contribution in [3.63, 3.8) is 0 Å². The van der Waals surface area contributed by atoms with Gasteiger partial charge in [-0.05, 0) is 13.5 Å². The molecule has 1 fully saturated rings. The summed E-state index contributed by atoms with van der Waals surface area (Å²) in [5, 5.41) is 0. The lowest BCUT2D eigenvalue weighted by Gasteiger charge is -2.36. The second-order valence-corrected chi connectivity index (χ2v) is 4.37. The van der Waals surface area contributed by atoms with Gasteiger partial charge in [0.1, 0.15) is 5.60 Å². The van der Waals surface area contributed by atoms with Crippen molar-refractivity contribution in [1.82, 2.24) is 4.90 Å². The van der Waals surface area contributed by atoms with Gasteiger partial charge >= 0.3 is 0 Å². The molecule has 14 heavy (non-hydrogen) atoms. The third-order valence-corrected chi connectivity index (χ3v) is 2.43. The Morgan fingerprint density at radius 1 is 1.50 bits per heavy atom. The largest absolute Gasteiger partial charge is 0.360 e. The van der Waals surface area contributed by atoms with E-state index in [4.69, 9.17) is 4.74 Å². The van der Waals surface area contributed by atoms with Crippen molar-refractivity contribution in [1.29, 1.82) is 0 Å². The monoisotopic (exact) mass is 195 g/mol. The molecule has 0 N–H and O–H groups in total. The van der Waals surface area contributed by atoms with Gasteiger partial charge in [0, 0.05) is 19.0 Å². The Hall–Kier alpha value is -0.520. The number of likely N-dealkylation sites (N-methyl/N-ethyl adjacent to an activating group) is 1. The van der Waals surface area contributed by atoms with Crippen LogP contribution in [0, 0.1) is 17.8 Å². The van der Waals surface area contributed by atoms with Crippen LogP contribution in [0.3, 0.4) is 0 Å². The molecule has 0 radical (unpaired) electrons. The van der Waals surface area contributed by atoms with Crippen molar-refractivity contribution >= 4 is 0 Å². The molecule has 0 aliphatic carbocycles. The fourth-order valence-corrected chi connectivity index (χ4v) is 1.59. The first-order valence-electron chi connectivity index (χ1n) is 5.45. The van der Waals surface area contributed by atoms with E-state index in [0.29, 0.717) is 5.92 Å².